The molecule has 6 heteroatoms. The Bertz CT molecular complexity index is 895. The van der Waals surface area contributed by atoms with E-state index in [-0.39, 0.29) is 16.7 Å². The van der Waals surface area contributed by atoms with Crippen molar-refractivity contribution >= 4 is 15.9 Å². The number of hydrogen-bond donors (Lipinski definition) is 1. The number of fused-ring (bicyclic) bond motifs is 1. The fraction of sp³-hybridized carbons (Fsp3) is 0.381. The molecule has 1 heterocycles. The summed E-state index contributed by atoms with van der Waals surface area (Å²) >= 11 is 0. The SMILES string of the molecule is CC(C)C[C@@H](NS(=O)(=O)c1ccccc1)C(=O)N1CCc2ccccc2C1. The first-order valence-corrected chi connectivity index (χ1v) is 10.8. The van der Waals surface area contributed by atoms with Crippen LogP contribution in [0.2, 0.25) is 0 Å². The zero-order valence-corrected chi connectivity index (χ0v) is 16.6. The van der Waals surface area contributed by atoms with E-state index in [9.17, 15) is 13.2 Å². The molecule has 1 amide bonds. The van der Waals surface area contributed by atoms with Crippen molar-refractivity contribution in [2.24, 2.45) is 5.92 Å². The van der Waals surface area contributed by atoms with E-state index in [0.717, 1.165) is 12.0 Å². The number of carbonyl (C=O) groups is 1. The second kappa shape index (κ2) is 8.23. The lowest BCUT2D eigenvalue weighted by atomic mass is 9.98. The maximum Gasteiger partial charge on any atom is 0.241 e. The highest BCUT2D eigenvalue weighted by molar-refractivity contribution is 7.89. The van der Waals surface area contributed by atoms with Gasteiger partial charge in [-0.05, 0) is 42.0 Å². The molecule has 0 spiro atoms. The quantitative estimate of drug-likeness (QED) is 0.830. The molecule has 0 bridgehead atoms. The van der Waals surface area contributed by atoms with Gasteiger partial charge in [0.1, 0.15) is 6.04 Å². The second-order valence-corrected chi connectivity index (χ2v) is 9.11. The van der Waals surface area contributed by atoms with Crippen LogP contribution in [0.5, 0.6) is 0 Å². The van der Waals surface area contributed by atoms with E-state index >= 15 is 0 Å². The van der Waals surface area contributed by atoms with Gasteiger partial charge in [-0.2, -0.15) is 4.72 Å². The van der Waals surface area contributed by atoms with Crippen LogP contribution >= 0.6 is 0 Å². The highest BCUT2D eigenvalue weighted by atomic mass is 32.2. The Morgan fingerprint density at radius 2 is 1.67 bits per heavy atom. The van der Waals surface area contributed by atoms with Crippen molar-refractivity contribution in [2.45, 2.75) is 44.2 Å². The molecule has 0 aromatic heterocycles. The lowest BCUT2D eigenvalue weighted by molar-refractivity contribution is -0.134. The number of carbonyl (C=O) groups excluding carboxylic acids is 1. The molecule has 0 unspecified atom stereocenters. The smallest absolute Gasteiger partial charge is 0.241 e. The first kappa shape index (κ1) is 19.6. The van der Waals surface area contributed by atoms with Crippen molar-refractivity contribution in [3.8, 4) is 0 Å². The molecule has 0 saturated carbocycles. The van der Waals surface area contributed by atoms with Crippen LogP contribution in [-0.4, -0.2) is 31.8 Å². The van der Waals surface area contributed by atoms with E-state index in [1.165, 1.54) is 17.7 Å². The fourth-order valence-electron chi connectivity index (χ4n) is 3.43. The molecule has 0 aliphatic carbocycles. The maximum absolute atomic E-state index is 13.2. The predicted molar refractivity (Wildman–Crippen MR) is 106 cm³/mol. The van der Waals surface area contributed by atoms with Crippen LogP contribution in [0.25, 0.3) is 0 Å². The van der Waals surface area contributed by atoms with Gasteiger partial charge in [0.2, 0.25) is 15.9 Å². The molecule has 0 saturated heterocycles. The third kappa shape index (κ3) is 4.76. The molecule has 1 aliphatic rings. The largest absolute Gasteiger partial charge is 0.337 e. The molecule has 144 valence electrons. The summed E-state index contributed by atoms with van der Waals surface area (Å²) in [4.78, 5) is 15.1. The van der Waals surface area contributed by atoms with Gasteiger partial charge in [-0.3, -0.25) is 4.79 Å². The number of hydrogen-bond acceptors (Lipinski definition) is 3. The Morgan fingerprint density at radius 1 is 1.04 bits per heavy atom. The Hall–Kier alpha value is -2.18. The third-order valence-corrected chi connectivity index (χ3v) is 6.29. The van der Waals surface area contributed by atoms with Gasteiger partial charge in [-0.25, -0.2) is 8.42 Å². The standard InChI is InChI=1S/C21H26N2O3S/c1-16(2)14-20(22-27(25,26)19-10-4-3-5-11-19)21(24)23-13-12-17-8-6-7-9-18(17)15-23/h3-11,16,20,22H,12-15H2,1-2H3/t20-/m1/s1. The zero-order valence-electron chi connectivity index (χ0n) is 15.8. The Morgan fingerprint density at radius 3 is 2.33 bits per heavy atom. The van der Waals surface area contributed by atoms with E-state index in [1.54, 1.807) is 23.1 Å². The number of sulfonamides is 1. The van der Waals surface area contributed by atoms with Crippen molar-refractivity contribution in [1.29, 1.82) is 0 Å². The summed E-state index contributed by atoms with van der Waals surface area (Å²) in [6, 6.07) is 15.5. The van der Waals surface area contributed by atoms with Gasteiger partial charge in [-0.1, -0.05) is 56.3 Å². The molecule has 1 N–H and O–H groups in total. The molecular formula is C21H26N2O3S. The minimum Gasteiger partial charge on any atom is -0.337 e. The van der Waals surface area contributed by atoms with E-state index in [4.69, 9.17) is 0 Å². The summed E-state index contributed by atoms with van der Waals surface area (Å²) in [5, 5.41) is 0. The Balaban J connectivity index is 1.80. The Kier molecular flexibility index (Phi) is 5.97. The fourth-order valence-corrected chi connectivity index (χ4v) is 4.65. The van der Waals surface area contributed by atoms with E-state index in [0.29, 0.717) is 19.5 Å². The van der Waals surface area contributed by atoms with E-state index in [2.05, 4.69) is 10.8 Å². The van der Waals surface area contributed by atoms with Crippen molar-refractivity contribution in [3.05, 3.63) is 65.7 Å². The van der Waals surface area contributed by atoms with E-state index in [1.807, 2.05) is 32.0 Å². The molecular weight excluding hydrogens is 360 g/mol. The molecule has 27 heavy (non-hydrogen) atoms. The molecule has 2 aromatic rings. The first-order valence-electron chi connectivity index (χ1n) is 9.30. The first-order chi connectivity index (χ1) is 12.9. The maximum atomic E-state index is 13.2. The normalized spacial score (nSPS) is 15.4. The monoisotopic (exact) mass is 386 g/mol. The van der Waals surface area contributed by atoms with Crippen LogP contribution in [0.3, 0.4) is 0 Å². The average molecular weight is 387 g/mol. The van der Waals surface area contributed by atoms with Gasteiger partial charge in [-0.15, -0.1) is 0 Å². The topological polar surface area (TPSA) is 66.5 Å². The molecule has 5 nitrogen and oxygen atoms in total. The lowest BCUT2D eigenvalue weighted by Crippen LogP contribution is -2.50. The van der Waals surface area contributed by atoms with Crippen LogP contribution in [0, 0.1) is 5.92 Å². The van der Waals surface area contributed by atoms with Crippen molar-refractivity contribution in [3.63, 3.8) is 0 Å². The molecule has 1 atom stereocenters. The van der Waals surface area contributed by atoms with Gasteiger partial charge in [0.15, 0.2) is 0 Å². The number of benzene rings is 2. The van der Waals surface area contributed by atoms with Gasteiger partial charge < -0.3 is 4.90 Å². The molecule has 3 rings (SSSR count). The molecule has 0 radical (unpaired) electrons. The Labute approximate surface area is 161 Å². The predicted octanol–water partition coefficient (Wildman–Crippen LogP) is 2.96. The minimum absolute atomic E-state index is 0.155. The number of nitrogens with zero attached hydrogens (tertiary/aromatic N) is 1. The van der Waals surface area contributed by atoms with Crippen LogP contribution in [-0.2, 0) is 27.8 Å². The minimum atomic E-state index is -3.75. The summed E-state index contributed by atoms with van der Waals surface area (Å²) in [5.74, 6) is 0.0345. The van der Waals surface area contributed by atoms with Crippen molar-refractivity contribution in [1.82, 2.24) is 9.62 Å². The summed E-state index contributed by atoms with van der Waals surface area (Å²) in [6.45, 7) is 5.11. The van der Waals surface area contributed by atoms with Crippen LogP contribution in [0.15, 0.2) is 59.5 Å². The van der Waals surface area contributed by atoms with Gasteiger partial charge in [0.25, 0.3) is 0 Å². The van der Waals surface area contributed by atoms with Gasteiger partial charge in [0.05, 0.1) is 4.90 Å². The molecule has 1 aliphatic heterocycles. The van der Waals surface area contributed by atoms with Crippen LogP contribution < -0.4 is 4.72 Å². The molecule has 2 aromatic carbocycles. The highest BCUT2D eigenvalue weighted by Gasteiger charge is 2.31. The zero-order chi connectivity index (χ0) is 19.4. The lowest BCUT2D eigenvalue weighted by Gasteiger charge is -2.32. The van der Waals surface area contributed by atoms with Crippen LogP contribution in [0.4, 0.5) is 0 Å². The highest BCUT2D eigenvalue weighted by Crippen LogP contribution is 2.21. The van der Waals surface area contributed by atoms with Crippen molar-refractivity contribution < 1.29 is 13.2 Å². The van der Waals surface area contributed by atoms with E-state index < -0.39 is 16.1 Å². The second-order valence-electron chi connectivity index (χ2n) is 7.39. The van der Waals surface area contributed by atoms with Crippen LogP contribution in [0.1, 0.15) is 31.4 Å². The number of rotatable bonds is 6. The summed E-state index contributed by atoms with van der Waals surface area (Å²) < 4.78 is 28.1. The average Bonchev–Trinajstić information content (AvgIpc) is 2.66. The van der Waals surface area contributed by atoms with Crippen molar-refractivity contribution in [2.75, 3.05) is 6.54 Å². The number of amides is 1. The molecule has 0 fully saturated rings. The van der Waals surface area contributed by atoms with Gasteiger partial charge >= 0.3 is 0 Å². The summed E-state index contributed by atoms with van der Waals surface area (Å²) in [7, 11) is -3.75. The van der Waals surface area contributed by atoms with Gasteiger partial charge in [0, 0.05) is 13.1 Å². The third-order valence-electron chi connectivity index (χ3n) is 4.80. The number of nitrogens with one attached hydrogen (secondary N) is 1. The summed E-state index contributed by atoms with van der Waals surface area (Å²) in [6.07, 6.45) is 1.25. The summed E-state index contributed by atoms with van der Waals surface area (Å²) in [5.41, 5.74) is 2.39.